The summed E-state index contributed by atoms with van der Waals surface area (Å²) in [6.07, 6.45) is 3.16. The van der Waals surface area contributed by atoms with E-state index in [9.17, 15) is 5.11 Å². The Morgan fingerprint density at radius 1 is 1.27 bits per heavy atom. The quantitative estimate of drug-likeness (QED) is 0.849. The van der Waals surface area contributed by atoms with Crippen molar-refractivity contribution in [3.05, 3.63) is 47.5 Å². The lowest BCUT2D eigenvalue weighted by Gasteiger charge is -2.20. The number of aliphatic hydroxyl groups excluding tert-OH is 1. The van der Waals surface area contributed by atoms with E-state index in [1.54, 1.807) is 6.20 Å². The summed E-state index contributed by atoms with van der Waals surface area (Å²) < 4.78 is 7.67. The molecule has 0 aliphatic carbocycles. The van der Waals surface area contributed by atoms with Gasteiger partial charge in [-0.1, -0.05) is 6.07 Å². The average molecular weight is 303 g/mol. The first kappa shape index (κ1) is 16.5. The van der Waals surface area contributed by atoms with Crippen LogP contribution in [0, 0.1) is 13.8 Å². The molecule has 120 valence electrons. The SMILES string of the molecule is Cc1cc(C)cc(OCC(O)CN(C)Cc2nccn2C)c1. The highest BCUT2D eigenvalue weighted by atomic mass is 16.5. The number of likely N-dealkylation sites (N-methyl/N-ethyl adjacent to an activating group) is 1. The van der Waals surface area contributed by atoms with Crippen LogP contribution in [0.3, 0.4) is 0 Å². The zero-order valence-corrected chi connectivity index (χ0v) is 13.8. The minimum Gasteiger partial charge on any atom is -0.491 e. The highest BCUT2D eigenvalue weighted by Gasteiger charge is 2.11. The highest BCUT2D eigenvalue weighted by molar-refractivity contribution is 5.32. The number of hydrogen-bond donors (Lipinski definition) is 1. The molecule has 0 bridgehead atoms. The molecular formula is C17H25N3O2. The maximum absolute atomic E-state index is 10.1. The molecular weight excluding hydrogens is 278 g/mol. The normalized spacial score (nSPS) is 12.6. The van der Waals surface area contributed by atoms with Crippen molar-refractivity contribution in [2.75, 3.05) is 20.2 Å². The van der Waals surface area contributed by atoms with Crippen molar-refractivity contribution in [1.29, 1.82) is 0 Å². The molecule has 0 spiro atoms. The Hall–Kier alpha value is -1.85. The van der Waals surface area contributed by atoms with E-state index in [1.807, 2.05) is 55.7 Å². The maximum atomic E-state index is 10.1. The first-order valence-corrected chi connectivity index (χ1v) is 7.48. The Labute approximate surface area is 132 Å². The molecule has 0 saturated carbocycles. The van der Waals surface area contributed by atoms with Gasteiger partial charge in [-0.2, -0.15) is 0 Å². The molecule has 0 amide bonds. The summed E-state index contributed by atoms with van der Waals surface area (Å²) in [5.74, 6) is 1.79. The summed E-state index contributed by atoms with van der Waals surface area (Å²) in [7, 11) is 3.94. The van der Waals surface area contributed by atoms with Crippen LogP contribution in [-0.2, 0) is 13.6 Å². The van der Waals surface area contributed by atoms with E-state index < -0.39 is 6.10 Å². The molecule has 1 heterocycles. The Bertz CT molecular complexity index is 589. The van der Waals surface area contributed by atoms with Crippen LogP contribution in [0.15, 0.2) is 30.6 Å². The third-order valence-electron chi connectivity index (χ3n) is 3.49. The molecule has 0 fully saturated rings. The van der Waals surface area contributed by atoms with Gasteiger partial charge in [-0.05, 0) is 44.2 Å². The van der Waals surface area contributed by atoms with Crippen molar-refractivity contribution < 1.29 is 9.84 Å². The van der Waals surface area contributed by atoms with Crippen molar-refractivity contribution in [3.63, 3.8) is 0 Å². The van der Waals surface area contributed by atoms with Gasteiger partial charge in [0.15, 0.2) is 0 Å². The Morgan fingerprint density at radius 3 is 2.55 bits per heavy atom. The van der Waals surface area contributed by atoms with Gasteiger partial charge in [0, 0.05) is 26.0 Å². The van der Waals surface area contributed by atoms with Crippen molar-refractivity contribution >= 4 is 0 Å². The van der Waals surface area contributed by atoms with Gasteiger partial charge in [-0.3, -0.25) is 4.90 Å². The van der Waals surface area contributed by atoms with Crippen LogP contribution >= 0.6 is 0 Å². The largest absolute Gasteiger partial charge is 0.491 e. The van der Waals surface area contributed by atoms with Gasteiger partial charge in [0.05, 0.1) is 6.54 Å². The number of nitrogens with zero attached hydrogens (tertiary/aromatic N) is 3. The van der Waals surface area contributed by atoms with Gasteiger partial charge in [0.25, 0.3) is 0 Å². The van der Waals surface area contributed by atoms with Crippen molar-refractivity contribution in [3.8, 4) is 5.75 Å². The lowest BCUT2D eigenvalue weighted by Crippen LogP contribution is -2.33. The van der Waals surface area contributed by atoms with Crippen LogP contribution in [0.25, 0.3) is 0 Å². The monoisotopic (exact) mass is 303 g/mol. The molecule has 5 nitrogen and oxygen atoms in total. The van der Waals surface area contributed by atoms with E-state index in [-0.39, 0.29) is 6.61 Å². The summed E-state index contributed by atoms with van der Waals surface area (Å²) in [4.78, 5) is 6.32. The molecule has 0 radical (unpaired) electrons. The van der Waals surface area contributed by atoms with Gasteiger partial charge in [0.2, 0.25) is 0 Å². The number of aromatic nitrogens is 2. The fourth-order valence-electron chi connectivity index (χ4n) is 2.48. The number of imidazole rings is 1. The van der Waals surface area contributed by atoms with E-state index >= 15 is 0 Å². The summed E-state index contributed by atoms with van der Waals surface area (Å²) in [6.45, 7) is 5.60. The highest BCUT2D eigenvalue weighted by Crippen LogP contribution is 2.16. The van der Waals surface area contributed by atoms with Gasteiger partial charge in [0.1, 0.15) is 24.3 Å². The predicted octanol–water partition coefficient (Wildman–Crippen LogP) is 1.91. The fourth-order valence-corrected chi connectivity index (χ4v) is 2.48. The van der Waals surface area contributed by atoms with Crippen molar-refractivity contribution in [2.24, 2.45) is 7.05 Å². The molecule has 22 heavy (non-hydrogen) atoms. The summed E-state index contributed by atoms with van der Waals surface area (Å²) >= 11 is 0. The minimum absolute atomic E-state index is 0.286. The molecule has 0 aliphatic rings. The lowest BCUT2D eigenvalue weighted by atomic mass is 10.1. The molecule has 1 aromatic carbocycles. The van der Waals surface area contributed by atoms with Gasteiger partial charge >= 0.3 is 0 Å². The Kier molecular flexibility index (Phi) is 5.57. The molecule has 1 aromatic heterocycles. The van der Waals surface area contributed by atoms with Gasteiger partial charge in [-0.15, -0.1) is 0 Å². The topological polar surface area (TPSA) is 50.5 Å². The van der Waals surface area contributed by atoms with E-state index in [2.05, 4.69) is 11.1 Å². The van der Waals surface area contributed by atoms with Crippen LogP contribution in [0.5, 0.6) is 5.75 Å². The van der Waals surface area contributed by atoms with Crippen LogP contribution in [0.2, 0.25) is 0 Å². The summed E-state index contributed by atoms with van der Waals surface area (Å²) in [5.41, 5.74) is 2.33. The molecule has 1 N–H and O–H groups in total. The molecule has 0 aliphatic heterocycles. The van der Waals surface area contributed by atoms with E-state index in [0.29, 0.717) is 13.1 Å². The molecule has 2 rings (SSSR count). The third-order valence-corrected chi connectivity index (χ3v) is 3.49. The molecule has 5 heteroatoms. The second kappa shape index (κ2) is 7.42. The van der Waals surface area contributed by atoms with Crippen LogP contribution < -0.4 is 4.74 Å². The number of benzene rings is 1. The van der Waals surface area contributed by atoms with E-state index in [1.165, 1.54) is 0 Å². The second-order valence-electron chi connectivity index (χ2n) is 5.94. The Morgan fingerprint density at radius 2 is 1.95 bits per heavy atom. The molecule has 1 atom stereocenters. The second-order valence-corrected chi connectivity index (χ2v) is 5.94. The smallest absolute Gasteiger partial charge is 0.122 e. The number of aliphatic hydroxyl groups is 1. The number of ether oxygens (including phenoxy) is 1. The first-order chi connectivity index (χ1) is 10.4. The summed E-state index contributed by atoms with van der Waals surface area (Å²) in [5, 5.41) is 10.1. The maximum Gasteiger partial charge on any atom is 0.122 e. The predicted molar refractivity (Wildman–Crippen MR) is 87.0 cm³/mol. The van der Waals surface area contributed by atoms with E-state index in [4.69, 9.17) is 4.74 Å². The van der Waals surface area contributed by atoms with Crippen LogP contribution in [-0.4, -0.2) is 45.9 Å². The summed E-state index contributed by atoms with van der Waals surface area (Å²) in [6, 6.07) is 6.07. The van der Waals surface area contributed by atoms with Crippen LogP contribution in [0.1, 0.15) is 17.0 Å². The van der Waals surface area contributed by atoms with Crippen molar-refractivity contribution in [2.45, 2.75) is 26.5 Å². The Balaban J connectivity index is 1.79. The molecule has 0 saturated heterocycles. The molecule has 2 aromatic rings. The zero-order chi connectivity index (χ0) is 16.1. The minimum atomic E-state index is -0.536. The van der Waals surface area contributed by atoms with Crippen LogP contribution in [0.4, 0.5) is 0 Å². The average Bonchev–Trinajstić information content (AvgIpc) is 2.81. The standard InChI is InChI=1S/C17H25N3O2/c1-13-7-14(2)9-16(8-13)22-12-15(21)10-19(3)11-17-18-5-6-20(17)4/h5-9,15,21H,10-12H2,1-4H3. The number of hydrogen-bond acceptors (Lipinski definition) is 4. The fraction of sp³-hybridized carbons (Fsp3) is 0.471. The molecule has 1 unspecified atom stereocenters. The van der Waals surface area contributed by atoms with E-state index in [0.717, 1.165) is 22.7 Å². The zero-order valence-electron chi connectivity index (χ0n) is 13.8. The van der Waals surface area contributed by atoms with Gasteiger partial charge in [-0.25, -0.2) is 4.98 Å². The third kappa shape index (κ3) is 4.86. The first-order valence-electron chi connectivity index (χ1n) is 7.48. The van der Waals surface area contributed by atoms with Crippen molar-refractivity contribution in [1.82, 2.24) is 14.5 Å². The lowest BCUT2D eigenvalue weighted by molar-refractivity contribution is 0.0734. The van der Waals surface area contributed by atoms with Gasteiger partial charge < -0.3 is 14.4 Å². The number of rotatable bonds is 7. The number of aryl methyl sites for hydroxylation is 3.